The number of benzene rings is 2. The van der Waals surface area contributed by atoms with Crippen molar-refractivity contribution in [1.82, 2.24) is 0 Å². The second-order valence-electron chi connectivity index (χ2n) is 6.05. The molecule has 0 bridgehead atoms. The van der Waals surface area contributed by atoms with E-state index in [1.54, 1.807) is 17.4 Å². The average molecular weight is 394 g/mol. The number of alkyl halides is 3. The van der Waals surface area contributed by atoms with Crippen LogP contribution in [0.4, 0.5) is 24.5 Å². The highest BCUT2D eigenvalue weighted by Crippen LogP contribution is 2.36. The van der Waals surface area contributed by atoms with Gasteiger partial charge in [0.1, 0.15) is 18.1 Å². The Morgan fingerprint density at radius 3 is 2.61 bits per heavy atom. The minimum absolute atomic E-state index is 0.0805. The molecule has 6 nitrogen and oxygen atoms in total. The van der Waals surface area contributed by atoms with Crippen LogP contribution in [-0.4, -0.2) is 37.2 Å². The molecule has 0 saturated heterocycles. The summed E-state index contributed by atoms with van der Waals surface area (Å²) in [6.45, 7) is 1.98. The maximum absolute atomic E-state index is 12.5. The van der Waals surface area contributed by atoms with Crippen LogP contribution >= 0.6 is 0 Å². The van der Waals surface area contributed by atoms with E-state index >= 15 is 0 Å². The topological polar surface area (TPSA) is 67.9 Å². The fraction of sp³-hybridized carbons (Fsp3) is 0.263. The summed E-state index contributed by atoms with van der Waals surface area (Å²) in [4.78, 5) is 25.0. The summed E-state index contributed by atoms with van der Waals surface area (Å²) in [5.41, 5.74) is 0.313. The van der Waals surface area contributed by atoms with E-state index in [2.05, 4.69) is 0 Å². The number of hydrogen-bond donors (Lipinski definition) is 1. The molecule has 1 atom stereocenters. The van der Waals surface area contributed by atoms with Crippen molar-refractivity contribution in [3.05, 3.63) is 48.5 Å². The Bertz CT molecular complexity index is 871. The van der Waals surface area contributed by atoms with Crippen LogP contribution in [0, 0.1) is 0 Å². The van der Waals surface area contributed by atoms with E-state index in [9.17, 15) is 22.8 Å². The van der Waals surface area contributed by atoms with Crippen molar-refractivity contribution in [2.24, 2.45) is 0 Å². The third-order valence-corrected chi connectivity index (χ3v) is 4.01. The van der Waals surface area contributed by atoms with E-state index in [0.29, 0.717) is 11.4 Å². The zero-order valence-corrected chi connectivity index (χ0v) is 14.8. The third-order valence-electron chi connectivity index (χ3n) is 4.01. The van der Waals surface area contributed by atoms with Gasteiger partial charge in [-0.25, -0.2) is 0 Å². The molecule has 0 aliphatic carbocycles. The summed E-state index contributed by atoms with van der Waals surface area (Å²) in [5.74, 6) is -1.52. The number of amides is 2. The molecule has 2 aromatic carbocycles. The maximum Gasteiger partial charge on any atom is 0.471 e. The van der Waals surface area contributed by atoms with Gasteiger partial charge in [-0.3, -0.25) is 9.59 Å². The quantitative estimate of drug-likeness (QED) is 0.844. The molecule has 148 valence electrons. The standard InChI is InChI=1S/C19H17F3N2O4/c1-12-17(25)24(9-10-27-14-5-3-2-4-6-14)15-8-7-13(11-16(15)28-12)23-18(26)19(20,21)22/h2-8,11-12H,9-10H2,1H3,(H,23,26). The molecule has 0 aromatic heterocycles. The SMILES string of the molecule is CC1Oc2cc(NC(=O)C(F)(F)F)ccc2N(CCOc2ccccc2)C1=O. The van der Waals surface area contributed by atoms with Crippen molar-refractivity contribution in [2.45, 2.75) is 19.2 Å². The lowest BCUT2D eigenvalue weighted by Gasteiger charge is -2.33. The Labute approximate surface area is 158 Å². The number of rotatable bonds is 5. The second-order valence-corrected chi connectivity index (χ2v) is 6.05. The molecule has 1 aliphatic rings. The van der Waals surface area contributed by atoms with Crippen LogP contribution in [0.3, 0.4) is 0 Å². The summed E-state index contributed by atoms with van der Waals surface area (Å²) >= 11 is 0. The number of carbonyl (C=O) groups excluding carboxylic acids is 2. The number of carbonyl (C=O) groups is 2. The molecule has 0 saturated carbocycles. The van der Waals surface area contributed by atoms with Crippen LogP contribution in [0.5, 0.6) is 11.5 Å². The number of hydrogen-bond acceptors (Lipinski definition) is 4. The van der Waals surface area contributed by atoms with Gasteiger partial charge in [0.25, 0.3) is 5.91 Å². The lowest BCUT2D eigenvalue weighted by Crippen LogP contribution is -2.46. The Kier molecular flexibility index (Phi) is 5.43. The van der Waals surface area contributed by atoms with Crippen LogP contribution < -0.4 is 19.7 Å². The molecule has 0 radical (unpaired) electrons. The van der Waals surface area contributed by atoms with Crippen molar-refractivity contribution in [2.75, 3.05) is 23.4 Å². The first kappa shape index (κ1) is 19.5. The van der Waals surface area contributed by atoms with Crippen molar-refractivity contribution < 1.29 is 32.2 Å². The molecule has 0 fully saturated rings. The van der Waals surface area contributed by atoms with Gasteiger partial charge >= 0.3 is 12.1 Å². The van der Waals surface area contributed by atoms with Crippen molar-refractivity contribution in [3.8, 4) is 11.5 Å². The maximum atomic E-state index is 12.5. The molecule has 1 heterocycles. The number of anilines is 2. The number of halogens is 3. The number of nitrogens with one attached hydrogen (secondary N) is 1. The predicted molar refractivity (Wildman–Crippen MR) is 95.5 cm³/mol. The Morgan fingerprint density at radius 1 is 1.21 bits per heavy atom. The monoisotopic (exact) mass is 394 g/mol. The molecule has 9 heteroatoms. The van der Waals surface area contributed by atoms with Crippen LogP contribution in [0.1, 0.15) is 6.92 Å². The first-order valence-electron chi connectivity index (χ1n) is 8.44. The second kappa shape index (κ2) is 7.79. The van der Waals surface area contributed by atoms with Gasteiger partial charge in [0, 0.05) is 11.8 Å². The van der Waals surface area contributed by atoms with E-state index < -0.39 is 18.2 Å². The van der Waals surface area contributed by atoms with Gasteiger partial charge in [0.2, 0.25) is 0 Å². The molecule has 1 unspecified atom stereocenters. The zero-order valence-electron chi connectivity index (χ0n) is 14.8. The zero-order chi connectivity index (χ0) is 20.3. The van der Waals surface area contributed by atoms with Crippen molar-refractivity contribution in [3.63, 3.8) is 0 Å². The van der Waals surface area contributed by atoms with Crippen LogP contribution in [0.2, 0.25) is 0 Å². The van der Waals surface area contributed by atoms with Gasteiger partial charge in [-0.2, -0.15) is 13.2 Å². The molecular formula is C19H17F3N2O4. The third kappa shape index (κ3) is 4.36. The first-order chi connectivity index (χ1) is 13.3. The molecule has 0 spiro atoms. The minimum Gasteiger partial charge on any atom is -0.492 e. The fourth-order valence-corrected chi connectivity index (χ4v) is 2.69. The predicted octanol–water partition coefficient (Wildman–Crippen LogP) is 3.38. The summed E-state index contributed by atoms with van der Waals surface area (Å²) in [6.07, 6.45) is -5.82. The normalized spacial score (nSPS) is 16.2. The number of fused-ring (bicyclic) bond motifs is 1. The summed E-state index contributed by atoms with van der Waals surface area (Å²) in [7, 11) is 0. The van der Waals surface area contributed by atoms with E-state index in [1.807, 2.05) is 18.2 Å². The summed E-state index contributed by atoms with van der Waals surface area (Å²) < 4.78 is 48.3. The van der Waals surface area contributed by atoms with Gasteiger partial charge in [-0.15, -0.1) is 0 Å². The van der Waals surface area contributed by atoms with E-state index in [1.165, 1.54) is 30.0 Å². The van der Waals surface area contributed by atoms with Crippen LogP contribution in [0.15, 0.2) is 48.5 Å². The van der Waals surface area contributed by atoms with E-state index in [0.717, 1.165) is 0 Å². The van der Waals surface area contributed by atoms with Gasteiger partial charge in [0.05, 0.1) is 12.2 Å². The highest BCUT2D eigenvalue weighted by molar-refractivity contribution is 6.01. The largest absolute Gasteiger partial charge is 0.492 e. The molecule has 2 aromatic rings. The molecule has 28 heavy (non-hydrogen) atoms. The van der Waals surface area contributed by atoms with E-state index in [-0.39, 0.29) is 30.5 Å². The Morgan fingerprint density at radius 2 is 1.93 bits per heavy atom. The highest BCUT2D eigenvalue weighted by atomic mass is 19.4. The number of nitrogens with zero attached hydrogens (tertiary/aromatic N) is 1. The summed E-state index contributed by atoms with van der Waals surface area (Å²) in [5, 5.41) is 1.77. The van der Waals surface area contributed by atoms with Gasteiger partial charge < -0.3 is 19.7 Å². The van der Waals surface area contributed by atoms with Gasteiger partial charge in [0.15, 0.2) is 6.10 Å². The molecule has 1 N–H and O–H groups in total. The minimum atomic E-state index is -5.00. The average Bonchev–Trinajstić information content (AvgIpc) is 2.65. The Hall–Kier alpha value is -3.23. The Balaban J connectivity index is 1.74. The fourth-order valence-electron chi connectivity index (χ4n) is 2.69. The van der Waals surface area contributed by atoms with E-state index in [4.69, 9.17) is 9.47 Å². The van der Waals surface area contributed by atoms with Gasteiger partial charge in [-0.05, 0) is 31.2 Å². The van der Waals surface area contributed by atoms with Gasteiger partial charge in [-0.1, -0.05) is 18.2 Å². The molecule has 2 amide bonds. The van der Waals surface area contributed by atoms with Crippen molar-refractivity contribution >= 4 is 23.2 Å². The number of para-hydroxylation sites is 1. The lowest BCUT2D eigenvalue weighted by atomic mass is 10.1. The van der Waals surface area contributed by atoms with Crippen molar-refractivity contribution in [1.29, 1.82) is 0 Å². The highest BCUT2D eigenvalue weighted by Gasteiger charge is 2.39. The summed E-state index contributed by atoms with van der Waals surface area (Å²) in [6, 6.07) is 13.0. The molecule has 1 aliphatic heterocycles. The number of ether oxygens (including phenoxy) is 2. The lowest BCUT2D eigenvalue weighted by molar-refractivity contribution is -0.167. The molecule has 3 rings (SSSR count). The van der Waals surface area contributed by atoms with Crippen LogP contribution in [0.25, 0.3) is 0 Å². The molecular weight excluding hydrogens is 377 g/mol. The smallest absolute Gasteiger partial charge is 0.471 e. The van der Waals surface area contributed by atoms with Crippen LogP contribution in [-0.2, 0) is 9.59 Å². The first-order valence-corrected chi connectivity index (χ1v) is 8.44.